The Morgan fingerprint density at radius 3 is 2.50 bits per heavy atom. The molecule has 0 amide bonds. The summed E-state index contributed by atoms with van der Waals surface area (Å²) >= 11 is 0. The highest BCUT2D eigenvalue weighted by Gasteiger charge is 2.10. The predicted molar refractivity (Wildman–Crippen MR) is 76.1 cm³/mol. The van der Waals surface area contributed by atoms with Gasteiger partial charge < -0.3 is 10.0 Å². The van der Waals surface area contributed by atoms with E-state index in [-0.39, 0.29) is 12.2 Å². The standard InChI is InChI=1S/C16H16FNO2/c17-14-7-4-8-15(11-14)18(10-9-16(19)20)12-13-5-2-1-3-6-13/h1-8,11H,9-10,12H2,(H,19,20). The summed E-state index contributed by atoms with van der Waals surface area (Å²) < 4.78 is 13.3. The van der Waals surface area contributed by atoms with Gasteiger partial charge in [0.05, 0.1) is 6.42 Å². The van der Waals surface area contributed by atoms with Crippen molar-refractivity contribution >= 4 is 11.7 Å². The minimum Gasteiger partial charge on any atom is -0.481 e. The van der Waals surface area contributed by atoms with E-state index < -0.39 is 5.97 Å². The maximum atomic E-state index is 13.3. The zero-order chi connectivity index (χ0) is 14.4. The lowest BCUT2D eigenvalue weighted by atomic mass is 10.2. The Labute approximate surface area is 117 Å². The van der Waals surface area contributed by atoms with Crippen LogP contribution in [0.25, 0.3) is 0 Å². The van der Waals surface area contributed by atoms with Crippen molar-refractivity contribution in [3.8, 4) is 0 Å². The fourth-order valence-corrected chi connectivity index (χ4v) is 2.01. The number of hydrogen-bond acceptors (Lipinski definition) is 2. The Balaban J connectivity index is 2.18. The molecule has 0 aliphatic carbocycles. The van der Waals surface area contributed by atoms with Crippen molar-refractivity contribution in [1.82, 2.24) is 0 Å². The summed E-state index contributed by atoms with van der Waals surface area (Å²) in [6.45, 7) is 0.894. The molecule has 20 heavy (non-hydrogen) atoms. The molecule has 0 saturated heterocycles. The van der Waals surface area contributed by atoms with Crippen LogP contribution in [0, 0.1) is 5.82 Å². The van der Waals surface area contributed by atoms with E-state index in [2.05, 4.69) is 0 Å². The van der Waals surface area contributed by atoms with Gasteiger partial charge in [0.25, 0.3) is 0 Å². The van der Waals surface area contributed by atoms with Crippen LogP contribution in [-0.4, -0.2) is 17.6 Å². The molecule has 0 fully saturated rings. The fraction of sp³-hybridized carbons (Fsp3) is 0.188. The third kappa shape index (κ3) is 4.09. The van der Waals surface area contributed by atoms with Gasteiger partial charge in [0.15, 0.2) is 0 Å². The highest BCUT2D eigenvalue weighted by Crippen LogP contribution is 2.18. The van der Waals surface area contributed by atoms with Gasteiger partial charge in [-0.25, -0.2) is 4.39 Å². The molecule has 0 saturated carbocycles. The number of anilines is 1. The van der Waals surface area contributed by atoms with Crippen molar-refractivity contribution in [3.05, 3.63) is 66.0 Å². The molecular weight excluding hydrogens is 257 g/mol. The molecule has 0 aromatic heterocycles. The summed E-state index contributed by atoms with van der Waals surface area (Å²) in [4.78, 5) is 12.6. The number of carboxylic acid groups (broad SMARTS) is 1. The van der Waals surface area contributed by atoms with Crippen LogP contribution in [0.5, 0.6) is 0 Å². The van der Waals surface area contributed by atoms with Gasteiger partial charge in [-0.1, -0.05) is 36.4 Å². The molecule has 0 radical (unpaired) electrons. The Kier molecular flexibility index (Phi) is 4.71. The van der Waals surface area contributed by atoms with Crippen molar-refractivity contribution in [2.75, 3.05) is 11.4 Å². The number of hydrogen-bond donors (Lipinski definition) is 1. The molecule has 0 bridgehead atoms. The lowest BCUT2D eigenvalue weighted by molar-refractivity contribution is -0.136. The Morgan fingerprint density at radius 1 is 1.10 bits per heavy atom. The second-order valence-corrected chi connectivity index (χ2v) is 4.53. The molecule has 2 aromatic carbocycles. The smallest absolute Gasteiger partial charge is 0.305 e. The summed E-state index contributed by atoms with van der Waals surface area (Å²) in [6.07, 6.45) is 0.0172. The molecule has 0 unspecified atom stereocenters. The third-order valence-corrected chi connectivity index (χ3v) is 2.99. The number of rotatable bonds is 6. The number of aliphatic carboxylic acids is 1. The molecular formula is C16H16FNO2. The molecule has 0 spiro atoms. The minimum atomic E-state index is -0.862. The Morgan fingerprint density at radius 2 is 1.85 bits per heavy atom. The molecule has 4 heteroatoms. The van der Waals surface area contributed by atoms with Crippen LogP contribution in [0.15, 0.2) is 54.6 Å². The zero-order valence-corrected chi connectivity index (χ0v) is 11.0. The zero-order valence-electron chi connectivity index (χ0n) is 11.0. The van der Waals surface area contributed by atoms with Crippen molar-refractivity contribution in [3.63, 3.8) is 0 Å². The van der Waals surface area contributed by atoms with E-state index in [9.17, 15) is 9.18 Å². The number of carbonyl (C=O) groups is 1. The molecule has 2 aromatic rings. The van der Waals surface area contributed by atoms with Crippen LogP contribution < -0.4 is 4.90 Å². The highest BCUT2D eigenvalue weighted by molar-refractivity contribution is 5.67. The Hall–Kier alpha value is -2.36. The monoisotopic (exact) mass is 273 g/mol. The van der Waals surface area contributed by atoms with E-state index in [1.165, 1.54) is 12.1 Å². The largest absolute Gasteiger partial charge is 0.481 e. The molecule has 1 N–H and O–H groups in total. The first kappa shape index (κ1) is 14.1. The maximum absolute atomic E-state index is 13.3. The number of halogens is 1. The van der Waals surface area contributed by atoms with Crippen LogP contribution in [0.4, 0.5) is 10.1 Å². The molecule has 0 aliphatic rings. The molecule has 0 heterocycles. The average Bonchev–Trinajstić information content (AvgIpc) is 2.44. The van der Waals surface area contributed by atoms with E-state index in [4.69, 9.17) is 5.11 Å². The Bertz CT molecular complexity index is 572. The van der Waals surface area contributed by atoms with Crippen molar-refractivity contribution in [1.29, 1.82) is 0 Å². The molecule has 3 nitrogen and oxygen atoms in total. The van der Waals surface area contributed by atoms with Gasteiger partial charge in [0.1, 0.15) is 5.82 Å². The fourth-order valence-electron chi connectivity index (χ4n) is 2.01. The number of benzene rings is 2. The van der Waals surface area contributed by atoms with Gasteiger partial charge in [-0.05, 0) is 23.8 Å². The highest BCUT2D eigenvalue weighted by atomic mass is 19.1. The topological polar surface area (TPSA) is 40.5 Å². The number of nitrogens with zero attached hydrogens (tertiary/aromatic N) is 1. The second kappa shape index (κ2) is 6.70. The second-order valence-electron chi connectivity index (χ2n) is 4.53. The molecule has 2 rings (SSSR count). The first-order valence-corrected chi connectivity index (χ1v) is 6.41. The summed E-state index contributed by atoms with van der Waals surface area (Å²) in [5.74, 6) is -1.18. The minimum absolute atomic E-state index is 0.0172. The van der Waals surface area contributed by atoms with E-state index in [0.717, 1.165) is 5.56 Å². The summed E-state index contributed by atoms with van der Waals surface area (Å²) in [7, 11) is 0. The van der Waals surface area contributed by atoms with Gasteiger partial charge in [-0.15, -0.1) is 0 Å². The molecule has 0 atom stereocenters. The lowest BCUT2D eigenvalue weighted by Gasteiger charge is -2.24. The lowest BCUT2D eigenvalue weighted by Crippen LogP contribution is -2.25. The van der Waals surface area contributed by atoms with Gasteiger partial charge in [-0.2, -0.15) is 0 Å². The first-order chi connectivity index (χ1) is 9.65. The quantitative estimate of drug-likeness (QED) is 0.877. The van der Waals surface area contributed by atoms with Crippen molar-refractivity contribution in [2.45, 2.75) is 13.0 Å². The van der Waals surface area contributed by atoms with E-state index >= 15 is 0 Å². The first-order valence-electron chi connectivity index (χ1n) is 6.41. The van der Waals surface area contributed by atoms with Crippen LogP contribution in [-0.2, 0) is 11.3 Å². The van der Waals surface area contributed by atoms with Gasteiger partial charge >= 0.3 is 5.97 Å². The van der Waals surface area contributed by atoms with E-state index in [1.54, 1.807) is 12.1 Å². The van der Waals surface area contributed by atoms with E-state index in [1.807, 2.05) is 35.2 Å². The van der Waals surface area contributed by atoms with Crippen molar-refractivity contribution in [2.24, 2.45) is 0 Å². The molecule has 104 valence electrons. The third-order valence-electron chi connectivity index (χ3n) is 2.99. The normalized spacial score (nSPS) is 10.2. The average molecular weight is 273 g/mol. The summed E-state index contributed by atoms with van der Waals surface area (Å²) in [5.41, 5.74) is 1.75. The van der Waals surface area contributed by atoms with Crippen LogP contribution in [0.1, 0.15) is 12.0 Å². The number of carboxylic acids is 1. The maximum Gasteiger partial charge on any atom is 0.305 e. The van der Waals surface area contributed by atoms with Crippen LogP contribution in [0.3, 0.4) is 0 Å². The van der Waals surface area contributed by atoms with Crippen molar-refractivity contribution < 1.29 is 14.3 Å². The van der Waals surface area contributed by atoms with Gasteiger partial charge in [0, 0.05) is 18.8 Å². The van der Waals surface area contributed by atoms with Gasteiger partial charge in [-0.3, -0.25) is 4.79 Å². The van der Waals surface area contributed by atoms with Crippen LogP contribution in [0.2, 0.25) is 0 Å². The van der Waals surface area contributed by atoms with Crippen LogP contribution >= 0.6 is 0 Å². The van der Waals surface area contributed by atoms with Gasteiger partial charge in [0.2, 0.25) is 0 Å². The SMILES string of the molecule is O=C(O)CCN(Cc1ccccc1)c1cccc(F)c1. The summed E-state index contributed by atoms with van der Waals surface area (Å²) in [6, 6.07) is 15.9. The summed E-state index contributed by atoms with van der Waals surface area (Å²) in [5, 5.41) is 8.83. The van der Waals surface area contributed by atoms with E-state index in [0.29, 0.717) is 18.8 Å². The predicted octanol–water partition coefficient (Wildman–Crippen LogP) is 3.31. The molecule has 0 aliphatic heterocycles.